The molecule has 2 aliphatic rings. The number of benzene rings is 2. The Morgan fingerprint density at radius 1 is 1.04 bits per heavy atom. The van der Waals surface area contributed by atoms with E-state index in [0.717, 1.165) is 31.7 Å². The number of rotatable bonds is 2. The molecular weight excluding hydrogens is 284 g/mol. The highest BCUT2D eigenvalue weighted by atomic mass is 16.2. The lowest BCUT2D eigenvalue weighted by atomic mass is 9.86. The van der Waals surface area contributed by atoms with Gasteiger partial charge >= 0.3 is 0 Å². The molecule has 2 heterocycles. The summed E-state index contributed by atoms with van der Waals surface area (Å²) in [4.78, 5) is 14.6. The number of likely N-dealkylation sites (tertiary alicyclic amines) is 1. The van der Waals surface area contributed by atoms with Gasteiger partial charge in [-0.25, -0.2) is 0 Å². The summed E-state index contributed by atoms with van der Waals surface area (Å²) < 4.78 is 0. The monoisotopic (exact) mass is 306 g/mol. The Morgan fingerprint density at radius 2 is 1.78 bits per heavy atom. The maximum Gasteiger partial charge on any atom is 0.246 e. The summed E-state index contributed by atoms with van der Waals surface area (Å²) >= 11 is 0. The Balaban J connectivity index is 1.52. The van der Waals surface area contributed by atoms with Gasteiger partial charge in [0.25, 0.3) is 0 Å². The van der Waals surface area contributed by atoms with Crippen LogP contribution in [0.3, 0.4) is 0 Å². The van der Waals surface area contributed by atoms with E-state index < -0.39 is 0 Å². The summed E-state index contributed by atoms with van der Waals surface area (Å²) in [5, 5.41) is 5.87. The van der Waals surface area contributed by atoms with E-state index in [2.05, 4.69) is 29.6 Å². The largest absolute Gasteiger partial charge is 0.339 e. The minimum atomic E-state index is 0.148. The Hall–Kier alpha value is -2.13. The van der Waals surface area contributed by atoms with E-state index in [-0.39, 0.29) is 5.91 Å². The number of hydrogen-bond donors (Lipinski definition) is 1. The Kier molecular flexibility index (Phi) is 3.88. The molecule has 118 valence electrons. The molecule has 3 heteroatoms. The van der Waals surface area contributed by atoms with Gasteiger partial charge in [0, 0.05) is 19.2 Å². The van der Waals surface area contributed by atoms with Crippen LogP contribution < -0.4 is 5.32 Å². The van der Waals surface area contributed by atoms with Gasteiger partial charge in [-0.2, -0.15) is 0 Å². The van der Waals surface area contributed by atoms with E-state index in [4.69, 9.17) is 0 Å². The summed E-state index contributed by atoms with van der Waals surface area (Å²) in [6.07, 6.45) is 4.98. The number of carbonyl (C=O) groups excluding carboxylic acids is 1. The van der Waals surface area contributed by atoms with E-state index in [1.165, 1.54) is 17.2 Å². The predicted octanol–water partition coefficient (Wildman–Crippen LogP) is 2.92. The van der Waals surface area contributed by atoms with Gasteiger partial charge in [-0.15, -0.1) is 0 Å². The molecule has 2 atom stereocenters. The number of carbonyl (C=O) groups is 1. The lowest BCUT2D eigenvalue weighted by Gasteiger charge is -2.41. The van der Waals surface area contributed by atoms with Crippen molar-refractivity contribution in [2.75, 3.05) is 26.2 Å². The third-order valence-corrected chi connectivity index (χ3v) is 5.03. The Morgan fingerprint density at radius 3 is 2.61 bits per heavy atom. The van der Waals surface area contributed by atoms with E-state index >= 15 is 0 Å². The van der Waals surface area contributed by atoms with E-state index in [1.807, 2.05) is 29.2 Å². The van der Waals surface area contributed by atoms with Crippen LogP contribution in [0.15, 0.2) is 48.5 Å². The van der Waals surface area contributed by atoms with Crippen LogP contribution in [-0.2, 0) is 4.79 Å². The number of nitrogens with one attached hydrogen (secondary N) is 1. The van der Waals surface area contributed by atoms with Gasteiger partial charge in [0.15, 0.2) is 0 Å². The third kappa shape index (κ3) is 3.02. The second-order valence-electron chi connectivity index (χ2n) is 6.77. The van der Waals surface area contributed by atoms with Crippen LogP contribution in [0.5, 0.6) is 0 Å². The second kappa shape index (κ2) is 6.17. The topological polar surface area (TPSA) is 32.3 Å². The molecule has 0 unspecified atom stereocenters. The maximum atomic E-state index is 12.6. The van der Waals surface area contributed by atoms with Crippen LogP contribution >= 0.6 is 0 Å². The molecule has 1 N–H and O–H groups in total. The van der Waals surface area contributed by atoms with E-state index in [0.29, 0.717) is 11.8 Å². The molecule has 2 aromatic carbocycles. The highest BCUT2D eigenvalue weighted by molar-refractivity contribution is 5.96. The van der Waals surface area contributed by atoms with Crippen LogP contribution in [0, 0.1) is 11.8 Å². The van der Waals surface area contributed by atoms with Crippen molar-refractivity contribution in [1.82, 2.24) is 10.2 Å². The van der Waals surface area contributed by atoms with Crippen LogP contribution in [0.1, 0.15) is 12.0 Å². The summed E-state index contributed by atoms with van der Waals surface area (Å²) in [5.74, 6) is 1.39. The quantitative estimate of drug-likeness (QED) is 0.865. The minimum Gasteiger partial charge on any atom is -0.339 e. The molecule has 0 radical (unpaired) electrons. The molecule has 23 heavy (non-hydrogen) atoms. The molecule has 2 bridgehead atoms. The molecule has 1 amide bonds. The van der Waals surface area contributed by atoms with Crippen molar-refractivity contribution in [2.24, 2.45) is 11.8 Å². The number of piperidine rings is 2. The lowest BCUT2D eigenvalue weighted by Crippen LogP contribution is -2.52. The lowest BCUT2D eigenvalue weighted by molar-refractivity contribution is -0.129. The van der Waals surface area contributed by atoms with Crippen LogP contribution in [0.25, 0.3) is 16.8 Å². The number of fused-ring (bicyclic) bond motifs is 3. The fourth-order valence-electron chi connectivity index (χ4n) is 3.95. The van der Waals surface area contributed by atoms with Crippen molar-refractivity contribution in [3.8, 4) is 0 Å². The Bertz CT molecular complexity index is 735. The van der Waals surface area contributed by atoms with E-state index in [9.17, 15) is 4.79 Å². The van der Waals surface area contributed by atoms with Crippen LogP contribution in [0.2, 0.25) is 0 Å². The van der Waals surface area contributed by atoms with Gasteiger partial charge in [0.05, 0.1) is 0 Å². The third-order valence-electron chi connectivity index (χ3n) is 5.03. The van der Waals surface area contributed by atoms with Crippen molar-refractivity contribution >= 4 is 22.8 Å². The number of amides is 1. The van der Waals surface area contributed by atoms with Gasteiger partial charge in [0.1, 0.15) is 0 Å². The zero-order chi connectivity index (χ0) is 15.6. The molecule has 0 saturated carbocycles. The first-order valence-electron chi connectivity index (χ1n) is 8.45. The van der Waals surface area contributed by atoms with Crippen molar-refractivity contribution in [2.45, 2.75) is 6.42 Å². The summed E-state index contributed by atoms with van der Waals surface area (Å²) in [6, 6.07) is 14.5. The molecule has 2 saturated heterocycles. The molecular formula is C20H22N2O. The fraction of sp³-hybridized carbons (Fsp3) is 0.350. The molecule has 0 aliphatic carbocycles. The first kappa shape index (κ1) is 14.5. The van der Waals surface area contributed by atoms with Crippen molar-refractivity contribution in [3.05, 3.63) is 54.1 Å². The molecule has 2 fully saturated rings. The first-order chi connectivity index (χ1) is 11.3. The van der Waals surface area contributed by atoms with E-state index in [1.54, 1.807) is 6.08 Å². The number of hydrogen-bond acceptors (Lipinski definition) is 2. The maximum absolute atomic E-state index is 12.6. The highest BCUT2D eigenvalue weighted by Gasteiger charge is 2.31. The molecule has 0 aromatic heterocycles. The van der Waals surface area contributed by atoms with Crippen LogP contribution in [-0.4, -0.2) is 37.0 Å². The van der Waals surface area contributed by atoms with Gasteiger partial charge in [0.2, 0.25) is 5.91 Å². The van der Waals surface area contributed by atoms with Crippen LogP contribution in [0.4, 0.5) is 0 Å². The zero-order valence-corrected chi connectivity index (χ0v) is 13.2. The van der Waals surface area contributed by atoms with Gasteiger partial charge in [-0.1, -0.05) is 42.5 Å². The van der Waals surface area contributed by atoms with Crippen molar-refractivity contribution < 1.29 is 4.79 Å². The SMILES string of the molecule is O=C(/C=C/c1cccc2ccccc12)N1C[C@@H]2CNC[C@@H](C2)C1. The first-order valence-corrected chi connectivity index (χ1v) is 8.45. The normalized spacial score (nSPS) is 24.3. The van der Waals surface area contributed by atoms with Gasteiger partial charge in [-0.3, -0.25) is 4.79 Å². The summed E-state index contributed by atoms with van der Waals surface area (Å²) in [5.41, 5.74) is 1.11. The smallest absolute Gasteiger partial charge is 0.246 e. The highest BCUT2D eigenvalue weighted by Crippen LogP contribution is 2.25. The summed E-state index contributed by atoms with van der Waals surface area (Å²) in [7, 11) is 0. The molecule has 2 aliphatic heterocycles. The standard InChI is InChI=1S/C20H22N2O/c23-20(22-13-15-10-16(14-22)12-21-11-15)9-8-18-6-3-5-17-4-1-2-7-19(17)18/h1-9,15-16,21H,10-14H2/b9-8+/t15-,16+. The molecule has 4 rings (SSSR count). The number of nitrogens with zero attached hydrogens (tertiary/aromatic N) is 1. The fourth-order valence-corrected chi connectivity index (χ4v) is 3.95. The molecule has 2 aromatic rings. The van der Waals surface area contributed by atoms with Gasteiger partial charge < -0.3 is 10.2 Å². The summed E-state index contributed by atoms with van der Waals surface area (Å²) in [6.45, 7) is 3.88. The average Bonchev–Trinajstić information content (AvgIpc) is 2.59. The molecule has 3 nitrogen and oxygen atoms in total. The minimum absolute atomic E-state index is 0.148. The second-order valence-corrected chi connectivity index (χ2v) is 6.77. The predicted molar refractivity (Wildman–Crippen MR) is 94.0 cm³/mol. The van der Waals surface area contributed by atoms with Gasteiger partial charge in [-0.05, 0) is 53.8 Å². The average molecular weight is 306 g/mol. The van der Waals surface area contributed by atoms with Crippen molar-refractivity contribution in [1.29, 1.82) is 0 Å². The Labute approximate surface area is 137 Å². The van der Waals surface area contributed by atoms with Crippen molar-refractivity contribution in [3.63, 3.8) is 0 Å². The molecule has 0 spiro atoms. The zero-order valence-electron chi connectivity index (χ0n) is 13.2.